The highest BCUT2D eigenvalue weighted by atomic mass is 32.2. The Bertz CT molecular complexity index is 801. The molecule has 4 nitrogen and oxygen atoms in total. The number of amides is 1. The van der Waals surface area contributed by atoms with Gasteiger partial charge in [-0.05, 0) is 36.6 Å². The number of rotatable bonds is 8. The standard InChI is InChI=1S/C20H25NO3S/c1-3-13-21(19-11-7-8-17(2)15-19)20(22)12-14-25(23,24)16-18-9-5-4-6-10-18/h4-11,15H,3,12-14,16H2,1-2H3. The van der Waals surface area contributed by atoms with Gasteiger partial charge in [0.05, 0.1) is 11.5 Å². The van der Waals surface area contributed by atoms with Crippen LogP contribution in [0.2, 0.25) is 0 Å². The molecule has 134 valence electrons. The number of carbonyl (C=O) groups is 1. The SMILES string of the molecule is CCCN(C(=O)CCS(=O)(=O)Cc1ccccc1)c1cccc(C)c1. The fourth-order valence-electron chi connectivity index (χ4n) is 2.70. The predicted molar refractivity (Wildman–Crippen MR) is 102 cm³/mol. The van der Waals surface area contributed by atoms with E-state index < -0.39 is 9.84 Å². The first-order valence-electron chi connectivity index (χ1n) is 8.52. The first-order valence-corrected chi connectivity index (χ1v) is 10.3. The van der Waals surface area contributed by atoms with Crippen molar-refractivity contribution in [2.24, 2.45) is 0 Å². The van der Waals surface area contributed by atoms with Crippen LogP contribution in [-0.2, 0) is 20.4 Å². The van der Waals surface area contributed by atoms with Crippen molar-refractivity contribution in [3.63, 3.8) is 0 Å². The van der Waals surface area contributed by atoms with E-state index in [-0.39, 0.29) is 23.8 Å². The fourth-order valence-corrected chi connectivity index (χ4v) is 4.03. The van der Waals surface area contributed by atoms with Gasteiger partial charge in [0.1, 0.15) is 0 Å². The summed E-state index contributed by atoms with van der Waals surface area (Å²) in [7, 11) is -3.32. The zero-order chi connectivity index (χ0) is 18.3. The first kappa shape index (κ1) is 19.2. The lowest BCUT2D eigenvalue weighted by atomic mass is 10.2. The van der Waals surface area contributed by atoms with Gasteiger partial charge in [-0.25, -0.2) is 8.42 Å². The second-order valence-electron chi connectivity index (χ2n) is 6.21. The highest BCUT2D eigenvalue weighted by Gasteiger charge is 2.19. The van der Waals surface area contributed by atoms with Crippen LogP contribution in [-0.4, -0.2) is 26.6 Å². The Hall–Kier alpha value is -2.14. The summed E-state index contributed by atoms with van der Waals surface area (Å²) >= 11 is 0. The lowest BCUT2D eigenvalue weighted by molar-refractivity contribution is -0.118. The van der Waals surface area contributed by atoms with Gasteiger partial charge in [-0.2, -0.15) is 0 Å². The number of aryl methyl sites for hydroxylation is 1. The third kappa shape index (κ3) is 6.02. The monoisotopic (exact) mass is 359 g/mol. The molecule has 0 unspecified atom stereocenters. The third-order valence-corrected chi connectivity index (χ3v) is 5.52. The van der Waals surface area contributed by atoms with Gasteiger partial charge < -0.3 is 4.90 Å². The van der Waals surface area contributed by atoms with Gasteiger partial charge in [-0.15, -0.1) is 0 Å². The van der Waals surface area contributed by atoms with Crippen LogP contribution in [0.3, 0.4) is 0 Å². The summed E-state index contributed by atoms with van der Waals surface area (Å²) in [6, 6.07) is 16.8. The van der Waals surface area contributed by atoms with Gasteiger partial charge in [-0.3, -0.25) is 4.79 Å². The minimum atomic E-state index is -3.32. The molecule has 0 N–H and O–H groups in total. The largest absolute Gasteiger partial charge is 0.312 e. The molecule has 0 fully saturated rings. The Labute approximate surface area is 150 Å². The van der Waals surface area contributed by atoms with Gasteiger partial charge in [0.15, 0.2) is 9.84 Å². The van der Waals surface area contributed by atoms with E-state index in [9.17, 15) is 13.2 Å². The zero-order valence-corrected chi connectivity index (χ0v) is 15.6. The van der Waals surface area contributed by atoms with Crippen molar-refractivity contribution >= 4 is 21.4 Å². The molecule has 0 heterocycles. The molecule has 0 aliphatic carbocycles. The van der Waals surface area contributed by atoms with Crippen LogP contribution in [0, 0.1) is 6.92 Å². The fraction of sp³-hybridized carbons (Fsp3) is 0.350. The minimum absolute atomic E-state index is 0.00308. The molecular formula is C20H25NO3S. The van der Waals surface area contributed by atoms with Gasteiger partial charge in [0, 0.05) is 18.7 Å². The predicted octanol–water partition coefficient (Wildman–Crippen LogP) is 3.74. The van der Waals surface area contributed by atoms with Crippen molar-refractivity contribution in [2.45, 2.75) is 32.4 Å². The van der Waals surface area contributed by atoms with E-state index in [0.717, 1.165) is 23.2 Å². The summed E-state index contributed by atoms with van der Waals surface area (Å²) in [5.41, 5.74) is 2.65. The molecule has 0 saturated carbocycles. The number of anilines is 1. The Morgan fingerprint density at radius 1 is 1.04 bits per heavy atom. The van der Waals surface area contributed by atoms with Crippen LogP contribution < -0.4 is 4.90 Å². The third-order valence-electron chi connectivity index (χ3n) is 3.92. The second-order valence-corrected chi connectivity index (χ2v) is 8.40. The van der Waals surface area contributed by atoms with Gasteiger partial charge >= 0.3 is 0 Å². The smallest absolute Gasteiger partial charge is 0.227 e. The van der Waals surface area contributed by atoms with Crippen molar-refractivity contribution in [2.75, 3.05) is 17.2 Å². The Balaban J connectivity index is 2.03. The molecule has 0 aromatic heterocycles. The van der Waals surface area contributed by atoms with Crippen molar-refractivity contribution in [1.29, 1.82) is 0 Å². The highest BCUT2D eigenvalue weighted by molar-refractivity contribution is 7.90. The maximum atomic E-state index is 12.6. The molecule has 0 saturated heterocycles. The number of sulfone groups is 1. The number of benzene rings is 2. The Morgan fingerprint density at radius 3 is 2.40 bits per heavy atom. The highest BCUT2D eigenvalue weighted by Crippen LogP contribution is 2.18. The lowest BCUT2D eigenvalue weighted by Gasteiger charge is -2.22. The molecule has 2 aromatic rings. The van der Waals surface area contributed by atoms with Gasteiger partial charge in [0.2, 0.25) is 5.91 Å². The van der Waals surface area contributed by atoms with E-state index in [4.69, 9.17) is 0 Å². The number of hydrogen-bond acceptors (Lipinski definition) is 3. The van der Waals surface area contributed by atoms with Gasteiger partial charge in [0.25, 0.3) is 0 Å². The normalized spacial score (nSPS) is 11.3. The average molecular weight is 359 g/mol. The van der Waals surface area contributed by atoms with Crippen LogP contribution in [0.1, 0.15) is 30.9 Å². The van der Waals surface area contributed by atoms with Crippen molar-refractivity contribution in [1.82, 2.24) is 0 Å². The Kier molecular flexibility index (Phi) is 6.76. The van der Waals surface area contributed by atoms with Crippen LogP contribution in [0.25, 0.3) is 0 Å². The maximum Gasteiger partial charge on any atom is 0.227 e. The number of hydrogen-bond donors (Lipinski definition) is 0. The van der Waals surface area contributed by atoms with Crippen LogP contribution in [0.4, 0.5) is 5.69 Å². The summed E-state index contributed by atoms with van der Waals surface area (Å²) < 4.78 is 24.6. The topological polar surface area (TPSA) is 54.5 Å². The van der Waals surface area contributed by atoms with Crippen molar-refractivity contribution in [3.05, 3.63) is 65.7 Å². The summed E-state index contributed by atoms with van der Waals surface area (Å²) in [6.07, 6.45) is 0.819. The van der Waals surface area contributed by atoms with Crippen LogP contribution in [0.5, 0.6) is 0 Å². The minimum Gasteiger partial charge on any atom is -0.312 e. The van der Waals surface area contributed by atoms with E-state index in [1.807, 2.05) is 56.3 Å². The molecule has 2 aromatic carbocycles. The molecule has 0 atom stereocenters. The van der Waals surface area contributed by atoms with Crippen molar-refractivity contribution in [3.8, 4) is 0 Å². The number of carbonyl (C=O) groups excluding carboxylic acids is 1. The average Bonchev–Trinajstić information content (AvgIpc) is 2.58. The van der Waals surface area contributed by atoms with E-state index in [1.165, 1.54) is 0 Å². The molecule has 0 aliphatic heterocycles. The summed E-state index contributed by atoms with van der Waals surface area (Å²) in [6.45, 7) is 4.56. The molecule has 0 radical (unpaired) electrons. The zero-order valence-electron chi connectivity index (χ0n) is 14.8. The van der Waals surface area contributed by atoms with Crippen LogP contribution in [0.15, 0.2) is 54.6 Å². The van der Waals surface area contributed by atoms with Crippen molar-refractivity contribution < 1.29 is 13.2 Å². The quantitative estimate of drug-likeness (QED) is 0.721. The van der Waals surface area contributed by atoms with E-state index >= 15 is 0 Å². The Morgan fingerprint density at radius 2 is 1.76 bits per heavy atom. The summed E-state index contributed by atoms with van der Waals surface area (Å²) in [4.78, 5) is 14.3. The number of nitrogens with zero attached hydrogens (tertiary/aromatic N) is 1. The maximum absolute atomic E-state index is 12.6. The van der Waals surface area contributed by atoms with Gasteiger partial charge in [-0.1, -0.05) is 49.4 Å². The first-order chi connectivity index (χ1) is 11.9. The molecule has 0 spiro atoms. The van der Waals surface area contributed by atoms with E-state index in [0.29, 0.717) is 6.54 Å². The van der Waals surface area contributed by atoms with E-state index in [1.54, 1.807) is 17.0 Å². The molecule has 5 heteroatoms. The van der Waals surface area contributed by atoms with E-state index in [2.05, 4.69) is 0 Å². The molecule has 25 heavy (non-hydrogen) atoms. The van der Waals surface area contributed by atoms with Crippen LogP contribution >= 0.6 is 0 Å². The lowest BCUT2D eigenvalue weighted by Crippen LogP contribution is -2.33. The molecule has 1 amide bonds. The molecule has 0 bridgehead atoms. The summed E-state index contributed by atoms with van der Waals surface area (Å²) in [5.74, 6) is -0.310. The summed E-state index contributed by atoms with van der Waals surface area (Å²) in [5, 5.41) is 0. The second kappa shape index (κ2) is 8.81. The molecule has 0 aliphatic rings. The molecule has 2 rings (SSSR count). The molecular weight excluding hydrogens is 334 g/mol.